The van der Waals surface area contributed by atoms with Crippen LogP contribution >= 0.6 is 15.9 Å². The normalized spacial score (nSPS) is 16.0. The Morgan fingerprint density at radius 2 is 2.19 bits per heavy atom. The molecular formula is C16H23BrN2O2. The quantitative estimate of drug-likeness (QED) is 0.591. The number of carbonyl (C=O) groups excluding carboxylic acids is 1. The maximum atomic E-state index is 12.3. The van der Waals surface area contributed by atoms with Gasteiger partial charge >= 0.3 is 5.97 Å². The summed E-state index contributed by atoms with van der Waals surface area (Å²) in [6.45, 7) is 6.72. The molecule has 2 heterocycles. The fourth-order valence-corrected chi connectivity index (χ4v) is 2.77. The lowest BCUT2D eigenvalue weighted by atomic mass is 9.99. The van der Waals surface area contributed by atoms with E-state index in [-0.39, 0.29) is 5.97 Å². The number of rotatable bonds is 5. The largest absolute Gasteiger partial charge is 0.462 e. The number of ether oxygens (including phenoxy) is 1. The van der Waals surface area contributed by atoms with Crippen LogP contribution in [0.4, 0.5) is 5.82 Å². The second-order valence-corrected chi connectivity index (χ2v) is 6.60. The summed E-state index contributed by atoms with van der Waals surface area (Å²) < 4.78 is 6.15. The molecule has 0 aliphatic carbocycles. The molecule has 1 aromatic heterocycles. The van der Waals surface area contributed by atoms with Gasteiger partial charge in [0, 0.05) is 23.8 Å². The van der Waals surface area contributed by atoms with E-state index in [0.29, 0.717) is 12.2 Å². The number of piperidine rings is 1. The van der Waals surface area contributed by atoms with Crippen molar-refractivity contribution >= 4 is 27.7 Å². The van der Waals surface area contributed by atoms with E-state index in [1.807, 2.05) is 6.07 Å². The molecule has 0 spiro atoms. The highest BCUT2D eigenvalue weighted by Crippen LogP contribution is 2.27. The standard InChI is InChI=1S/C16H23BrN2O2/c1-3-4-9-21-16(20)14-10-13(17)11-18-15(14)19-7-5-12(2)6-8-19/h10-12H,3-9H2,1-2H3. The summed E-state index contributed by atoms with van der Waals surface area (Å²) in [7, 11) is 0. The molecule has 1 aliphatic rings. The van der Waals surface area contributed by atoms with Crippen LogP contribution in [0.2, 0.25) is 0 Å². The molecule has 0 N–H and O–H groups in total. The Kier molecular flexibility index (Phi) is 6.03. The van der Waals surface area contributed by atoms with E-state index in [9.17, 15) is 4.79 Å². The minimum absolute atomic E-state index is 0.272. The minimum Gasteiger partial charge on any atom is -0.462 e. The molecule has 2 rings (SSSR count). The number of aromatic nitrogens is 1. The van der Waals surface area contributed by atoms with E-state index in [1.54, 1.807) is 6.20 Å². The van der Waals surface area contributed by atoms with Gasteiger partial charge in [-0.1, -0.05) is 20.3 Å². The first-order chi connectivity index (χ1) is 10.1. The van der Waals surface area contributed by atoms with E-state index >= 15 is 0 Å². The first kappa shape index (κ1) is 16.3. The molecule has 116 valence electrons. The molecule has 0 aromatic carbocycles. The summed E-state index contributed by atoms with van der Waals surface area (Å²) in [5.74, 6) is 1.23. The van der Waals surface area contributed by atoms with Crippen molar-refractivity contribution in [1.29, 1.82) is 0 Å². The molecule has 0 bridgehead atoms. The Hall–Kier alpha value is -1.10. The maximum absolute atomic E-state index is 12.3. The Morgan fingerprint density at radius 3 is 2.86 bits per heavy atom. The summed E-state index contributed by atoms with van der Waals surface area (Å²) in [6, 6.07) is 1.81. The van der Waals surface area contributed by atoms with Crippen LogP contribution in [0.1, 0.15) is 49.9 Å². The molecule has 21 heavy (non-hydrogen) atoms. The van der Waals surface area contributed by atoms with Crippen molar-refractivity contribution in [3.05, 3.63) is 22.3 Å². The van der Waals surface area contributed by atoms with E-state index in [1.165, 1.54) is 0 Å². The second-order valence-electron chi connectivity index (χ2n) is 5.68. The minimum atomic E-state index is -0.272. The molecule has 1 aromatic rings. The zero-order valence-electron chi connectivity index (χ0n) is 12.8. The number of esters is 1. The molecule has 0 atom stereocenters. The molecule has 1 fully saturated rings. The molecule has 0 unspecified atom stereocenters. The Balaban J connectivity index is 2.15. The van der Waals surface area contributed by atoms with Crippen LogP contribution < -0.4 is 4.90 Å². The smallest absolute Gasteiger partial charge is 0.341 e. The van der Waals surface area contributed by atoms with Gasteiger partial charge in [-0.05, 0) is 47.2 Å². The third kappa shape index (κ3) is 4.43. The maximum Gasteiger partial charge on any atom is 0.341 e. The number of anilines is 1. The van der Waals surface area contributed by atoms with Crippen molar-refractivity contribution < 1.29 is 9.53 Å². The first-order valence-electron chi connectivity index (χ1n) is 7.69. The van der Waals surface area contributed by atoms with Gasteiger partial charge in [0.15, 0.2) is 0 Å². The zero-order chi connectivity index (χ0) is 15.2. The van der Waals surface area contributed by atoms with Gasteiger partial charge < -0.3 is 9.64 Å². The van der Waals surface area contributed by atoms with Crippen molar-refractivity contribution in [3.8, 4) is 0 Å². The Bertz CT molecular complexity index is 485. The highest BCUT2D eigenvalue weighted by molar-refractivity contribution is 9.10. The average molecular weight is 355 g/mol. The molecule has 1 aliphatic heterocycles. The van der Waals surface area contributed by atoms with E-state index in [0.717, 1.165) is 55.0 Å². The predicted octanol–water partition coefficient (Wildman–Crippen LogP) is 4.04. The number of halogens is 1. The fraction of sp³-hybridized carbons (Fsp3) is 0.625. The van der Waals surface area contributed by atoms with Crippen molar-refractivity contribution in [2.24, 2.45) is 5.92 Å². The van der Waals surface area contributed by atoms with Crippen molar-refractivity contribution in [1.82, 2.24) is 4.98 Å². The third-order valence-electron chi connectivity index (χ3n) is 3.87. The monoisotopic (exact) mass is 354 g/mol. The van der Waals surface area contributed by atoms with Gasteiger partial charge in [-0.15, -0.1) is 0 Å². The SMILES string of the molecule is CCCCOC(=O)c1cc(Br)cnc1N1CCC(C)CC1. The molecule has 5 heteroatoms. The Morgan fingerprint density at radius 1 is 1.48 bits per heavy atom. The van der Waals surface area contributed by atoms with E-state index < -0.39 is 0 Å². The highest BCUT2D eigenvalue weighted by atomic mass is 79.9. The van der Waals surface area contributed by atoms with Crippen LogP contribution in [-0.4, -0.2) is 30.6 Å². The van der Waals surface area contributed by atoms with Crippen molar-refractivity contribution in [2.75, 3.05) is 24.6 Å². The first-order valence-corrected chi connectivity index (χ1v) is 8.48. The molecule has 1 saturated heterocycles. The van der Waals surface area contributed by atoms with Crippen LogP contribution in [0, 0.1) is 5.92 Å². The molecular weight excluding hydrogens is 332 g/mol. The number of nitrogens with zero attached hydrogens (tertiary/aromatic N) is 2. The zero-order valence-corrected chi connectivity index (χ0v) is 14.4. The third-order valence-corrected chi connectivity index (χ3v) is 4.30. The Labute approximate surface area is 135 Å². The van der Waals surface area contributed by atoms with Gasteiger partial charge in [-0.2, -0.15) is 0 Å². The fourth-order valence-electron chi connectivity index (χ4n) is 2.44. The number of hydrogen-bond acceptors (Lipinski definition) is 4. The van der Waals surface area contributed by atoms with Gasteiger partial charge in [0.2, 0.25) is 0 Å². The summed E-state index contributed by atoms with van der Waals surface area (Å²) in [4.78, 5) is 18.9. The summed E-state index contributed by atoms with van der Waals surface area (Å²) >= 11 is 3.39. The second kappa shape index (κ2) is 7.78. The predicted molar refractivity (Wildman–Crippen MR) is 87.7 cm³/mol. The van der Waals surface area contributed by atoms with Gasteiger partial charge in [0.25, 0.3) is 0 Å². The number of unbranched alkanes of at least 4 members (excludes halogenated alkanes) is 1. The number of pyridine rings is 1. The van der Waals surface area contributed by atoms with Gasteiger partial charge in [0.05, 0.1) is 6.61 Å². The van der Waals surface area contributed by atoms with E-state index in [4.69, 9.17) is 4.74 Å². The summed E-state index contributed by atoms with van der Waals surface area (Å²) in [5, 5.41) is 0. The van der Waals surface area contributed by atoms with Crippen LogP contribution in [0.5, 0.6) is 0 Å². The van der Waals surface area contributed by atoms with Crippen molar-refractivity contribution in [3.63, 3.8) is 0 Å². The number of carbonyl (C=O) groups is 1. The molecule has 0 amide bonds. The summed E-state index contributed by atoms with van der Waals surface area (Å²) in [5.41, 5.74) is 0.565. The van der Waals surface area contributed by atoms with Gasteiger partial charge in [-0.3, -0.25) is 0 Å². The van der Waals surface area contributed by atoms with Gasteiger partial charge in [-0.25, -0.2) is 9.78 Å². The van der Waals surface area contributed by atoms with Crippen LogP contribution in [0.3, 0.4) is 0 Å². The lowest BCUT2D eigenvalue weighted by molar-refractivity contribution is 0.0500. The van der Waals surface area contributed by atoms with Crippen LogP contribution in [-0.2, 0) is 4.74 Å². The molecule has 0 saturated carbocycles. The average Bonchev–Trinajstić information content (AvgIpc) is 2.48. The van der Waals surface area contributed by atoms with Crippen LogP contribution in [0.25, 0.3) is 0 Å². The lowest BCUT2D eigenvalue weighted by Crippen LogP contribution is -2.34. The topological polar surface area (TPSA) is 42.4 Å². The van der Waals surface area contributed by atoms with Crippen LogP contribution in [0.15, 0.2) is 16.7 Å². The lowest BCUT2D eigenvalue weighted by Gasteiger charge is -2.32. The van der Waals surface area contributed by atoms with Crippen molar-refractivity contribution in [2.45, 2.75) is 39.5 Å². The number of hydrogen-bond donors (Lipinski definition) is 0. The van der Waals surface area contributed by atoms with E-state index in [2.05, 4.69) is 39.7 Å². The highest BCUT2D eigenvalue weighted by Gasteiger charge is 2.23. The molecule has 0 radical (unpaired) electrons. The molecule has 4 nitrogen and oxygen atoms in total. The van der Waals surface area contributed by atoms with Gasteiger partial charge in [0.1, 0.15) is 11.4 Å². The summed E-state index contributed by atoms with van der Waals surface area (Å²) in [6.07, 6.45) is 5.94.